The Morgan fingerprint density at radius 1 is 1.12 bits per heavy atom. The molecule has 0 spiro atoms. The molecule has 0 radical (unpaired) electrons. The molecule has 1 aliphatic heterocycles. The predicted octanol–water partition coefficient (Wildman–Crippen LogP) is 4.76. The molecule has 1 aliphatic carbocycles. The summed E-state index contributed by atoms with van der Waals surface area (Å²) in [7, 11) is 0. The van der Waals surface area contributed by atoms with Crippen LogP contribution >= 0.6 is 0 Å². The molecule has 0 N–H and O–H groups in total. The van der Waals surface area contributed by atoms with Crippen LogP contribution in [0.4, 0.5) is 0 Å². The largest absolute Gasteiger partial charge is 0.356 e. The molecule has 162 valence electrons. The monoisotopic (exact) mass is 424 g/mol. The van der Waals surface area contributed by atoms with Crippen molar-refractivity contribution < 1.29 is 9.53 Å². The summed E-state index contributed by atoms with van der Waals surface area (Å²) in [5.41, 5.74) is 3.15. The topological polar surface area (TPSA) is 42.4 Å². The molecule has 1 saturated heterocycles. The number of likely N-dealkylation sites (tertiary alicyclic amines) is 1. The second-order valence-corrected chi connectivity index (χ2v) is 8.18. The molecule has 2 aliphatic rings. The van der Waals surface area contributed by atoms with Crippen molar-refractivity contribution in [3.63, 3.8) is 0 Å². The van der Waals surface area contributed by atoms with E-state index in [9.17, 15) is 4.79 Å². The van der Waals surface area contributed by atoms with Gasteiger partial charge < -0.3 is 9.64 Å². The molecule has 1 amide bonds. The lowest BCUT2D eigenvalue weighted by atomic mass is 9.91. The van der Waals surface area contributed by atoms with Crippen molar-refractivity contribution in [3.05, 3.63) is 101 Å². The maximum Gasteiger partial charge on any atom is 0.259 e. The van der Waals surface area contributed by atoms with Crippen LogP contribution in [0.5, 0.6) is 0 Å². The van der Waals surface area contributed by atoms with Crippen LogP contribution in [0.25, 0.3) is 0 Å². The summed E-state index contributed by atoms with van der Waals surface area (Å²) in [5.74, 6) is 6.28. The molecule has 1 aromatic carbocycles. The van der Waals surface area contributed by atoms with Crippen molar-refractivity contribution in [3.8, 4) is 11.8 Å². The fourth-order valence-electron chi connectivity index (χ4n) is 3.95. The third-order valence-corrected chi connectivity index (χ3v) is 5.79. The van der Waals surface area contributed by atoms with Crippen LogP contribution in [0, 0.1) is 18.8 Å². The van der Waals surface area contributed by atoms with E-state index in [0.29, 0.717) is 26.1 Å². The second kappa shape index (κ2) is 10.3. The summed E-state index contributed by atoms with van der Waals surface area (Å²) >= 11 is 0. The summed E-state index contributed by atoms with van der Waals surface area (Å²) in [6, 6.07) is 15.8. The Morgan fingerprint density at radius 2 is 1.94 bits per heavy atom. The third kappa shape index (κ3) is 5.43. The van der Waals surface area contributed by atoms with Crippen LogP contribution in [0.1, 0.15) is 36.2 Å². The van der Waals surface area contributed by atoms with Crippen molar-refractivity contribution in [2.24, 2.45) is 0 Å². The minimum Gasteiger partial charge on any atom is -0.356 e. The zero-order chi connectivity index (χ0) is 22.2. The van der Waals surface area contributed by atoms with Crippen LogP contribution < -0.4 is 0 Å². The summed E-state index contributed by atoms with van der Waals surface area (Å²) in [6.07, 6.45) is 12.0. The molecule has 1 unspecified atom stereocenters. The number of pyridine rings is 1. The first-order valence-electron chi connectivity index (χ1n) is 11.1. The maximum absolute atomic E-state index is 13.5. The number of hydrogen-bond donors (Lipinski definition) is 0. The van der Waals surface area contributed by atoms with Gasteiger partial charge in [-0.1, -0.05) is 66.1 Å². The predicted molar refractivity (Wildman–Crippen MR) is 127 cm³/mol. The average Bonchev–Trinajstić information content (AvgIpc) is 2.84. The number of piperidine rings is 1. The normalized spacial score (nSPS) is 19.9. The fourth-order valence-corrected chi connectivity index (χ4v) is 3.95. The van der Waals surface area contributed by atoms with Gasteiger partial charge in [-0.15, -0.1) is 0 Å². The zero-order valence-electron chi connectivity index (χ0n) is 18.5. The van der Waals surface area contributed by atoms with Crippen LogP contribution in [-0.4, -0.2) is 34.5 Å². The smallest absolute Gasteiger partial charge is 0.259 e. The first-order chi connectivity index (χ1) is 15.6. The molecule has 1 atom stereocenters. The molecular formula is C28H28N2O2. The van der Waals surface area contributed by atoms with Gasteiger partial charge in [-0.3, -0.25) is 4.79 Å². The van der Waals surface area contributed by atoms with Crippen LogP contribution in [0.2, 0.25) is 0 Å². The number of carbonyl (C=O) groups is 1. The summed E-state index contributed by atoms with van der Waals surface area (Å²) in [5, 5.41) is 0. The number of carbonyl (C=O) groups excluding carboxylic acids is 1. The maximum atomic E-state index is 13.5. The van der Waals surface area contributed by atoms with E-state index >= 15 is 0 Å². The lowest BCUT2D eigenvalue weighted by Gasteiger charge is -2.37. The molecule has 4 heteroatoms. The number of hydrogen-bond acceptors (Lipinski definition) is 3. The van der Waals surface area contributed by atoms with Gasteiger partial charge in [0.1, 0.15) is 5.69 Å². The van der Waals surface area contributed by atoms with Crippen molar-refractivity contribution in [1.82, 2.24) is 9.88 Å². The zero-order valence-corrected chi connectivity index (χ0v) is 18.5. The van der Waals surface area contributed by atoms with Crippen molar-refractivity contribution in [2.75, 3.05) is 13.1 Å². The van der Waals surface area contributed by atoms with Gasteiger partial charge in [0.05, 0.1) is 6.61 Å². The first-order valence-corrected chi connectivity index (χ1v) is 11.1. The van der Waals surface area contributed by atoms with Crippen LogP contribution in [0.15, 0.2) is 84.5 Å². The highest BCUT2D eigenvalue weighted by Crippen LogP contribution is 2.29. The van der Waals surface area contributed by atoms with E-state index in [0.717, 1.165) is 29.8 Å². The third-order valence-electron chi connectivity index (χ3n) is 5.79. The minimum absolute atomic E-state index is 0.0446. The first kappa shape index (κ1) is 21.8. The standard InChI is InChI=1S/C28H28N2O2/c1-23-10-8-14-26(29-23)15-9-13-24-16-20-30(21-17-24)27(31)28(18-6-3-7-19-28)32-22-25-11-4-2-5-12-25/h2-8,10-14,18H,16-17,19-22H2,1H3. The number of amides is 1. The van der Waals surface area contributed by atoms with Crippen molar-refractivity contribution in [2.45, 2.75) is 38.4 Å². The number of aromatic nitrogens is 1. The van der Waals surface area contributed by atoms with Crippen LogP contribution in [-0.2, 0) is 16.1 Å². The number of benzene rings is 1. The Bertz CT molecular complexity index is 1090. The Kier molecular flexibility index (Phi) is 6.99. The molecule has 32 heavy (non-hydrogen) atoms. The lowest BCUT2D eigenvalue weighted by Crippen LogP contribution is -2.51. The van der Waals surface area contributed by atoms with E-state index in [1.54, 1.807) is 0 Å². The molecule has 2 aromatic rings. The van der Waals surface area contributed by atoms with E-state index in [-0.39, 0.29) is 5.91 Å². The van der Waals surface area contributed by atoms with Crippen molar-refractivity contribution >= 4 is 5.91 Å². The SMILES string of the molecule is Cc1cccc(C#CC=C2CCN(C(=O)C3(OCc4ccccc4)C=CC=CC3)CC2)n1. The van der Waals surface area contributed by atoms with Gasteiger partial charge in [-0.25, -0.2) is 4.98 Å². The molecule has 4 nitrogen and oxygen atoms in total. The highest BCUT2D eigenvalue weighted by Gasteiger charge is 2.40. The molecule has 0 bridgehead atoms. The van der Waals surface area contributed by atoms with E-state index in [1.165, 1.54) is 5.57 Å². The summed E-state index contributed by atoms with van der Waals surface area (Å²) < 4.78 is 6.25. The quantitative estimate of drug-likeness (QED) is 0.665. The number of nitrogens with zero attached hydrogens (tertiary/aromatic N) is 2. The van der Waals surface area contributed by atoms with Gasteiger partial charge in [0.25, 0.3) is 5.91 Å². The number of allylic oxidation sites excluding steroid dienone is 3. The van der Waals surface area contributed by atoms with E-state index in [1.807, 2.05) is 90.7 Å². The average molecular weight is 425 g/mol. The van der Waals surface area contributed by atoms with E-state index < -0.39 is 5.60 Å². The number of rotatable bonds is 4. The van der Waals surface area contributed by atoms with Gasteiger partial charge in [-0.05, 0) is 55.5 Å². The van der Waals surface area contributed by atoms with E-state index in [2.05, 4.69) is 16.8 Å². The lowest BCUT2D eigenvalue weighted by molar-refractivity contribution is -0.154. The fraction of sp³-hybridized carbons (Fsp3) is 0.286. The minimum atomic E-state index is -0.928. The molecule has 2 heterocycles. The second-order valence-electron chi connectivity index (χ2n) is 8.18. The molecule has 0 saturated carbocycles. The van der Waals surface area contributed by atoms with Gasteiger partial charge >= 0.3 is 0 Å². The van der Waals surface area contributed by atoms with Crippen LogP contribution in [0.3, 0.4) is 0 Å². The number of ether oxygens (including phenoxy) is 1. The molecular weight excluding hydrogens is 396 g/mol. The van der Waals surface area contributed by atoms with Gasteiger partial charge in [0.15, 0.2) is 5.60 Å². The molecule has 4 rings (SSSR count). The Hall–Kier alpha value is -3.42. The Balaban J connectivity index is 1.38. The highest BCUT2D eigenvalue weighted by molar-refractivity contribution is 5.88. The van der Waals surface area contributed by atoms with Gasteiger partial charge in [0, 0.05) is 25.2 Å². The molecule has 1 aromatic heterocycles. The van der Waals surface area contributed by atoms with E-state index in [4.69, 9.17) is 4.74 Å². The van der Waals surface area contributed by atoms with Crippen molar-refractivity contribution in [1.29, 1.82) is 0 Å². The Morgan fingerprint density at radius 3 is 2.66 bits per heavy atom. The Labute approximate surface area is 190 Å². The highest BCUT2D eigenvalue weighted by atomic mass is 16.5. The molecule has 1 fully saturated rings. The van der Waals surface area contributed by atoms with Gasteiger partial charge in [-0.2, -0.15) is 0 Å². The summed E-state index contributed by atoms with van der Waals surface area (Å²) in [6.45, 7) is 3.74. The van der Waals surface area contributed by atoms with Gasteiger partial charge in [0.2, 0.25) is 0 Å². The summed E-state index contributed by atoms with van der Waals surface area (Å²) in [4.78, 5) is 19.8. The number of aryl methyl sites for hydroxylation is 1.